The summed E-state index contributed by atoms with van der Waals surface area (Å²) in [4.78, 5) is 14.1. The van der Waals surface area contributed by atoms with Crippen LogP contribution in [-0.4, -0.2) is 27.7 Å². The van der Waals surface area contributed by atoms with Gasteiger partial charge in [0.25, 0.3) is 0 Å². The van der Waals surface area contributed by atoms with E-state index in [9.17, 15) is 4.79 Å². The molecule has 2 aromatic rings. The van der Waals surface area contributed by atoms with E-state index in [2.05, 4.69) is 68.2 Å². The molecule has 0 saturated carbocycles. The van der Waals surface area contributed by atoms with Gasteiger partial charge in [-0.15, -0.1) is 0 Å². The van der Waals surface area contributed by atoms with Gasteiger partial charge >= 0.3 is 5.97 Å². The second-order valence-corrected chi connectivity index (χ2v) is 10.3. The zero-order valence-corrected chi connectivity index (χ0v) is 22.9. The molecule has 2 aromatic carbocycles. The van der Waals surface area contributed by atoms with Gasteiger partial charge < -0.3 is 14.7 Å². The largest absolute Gasteiger partial charge is 0.489 e. The maximum Gasteiger partial charge on any atom is 0.303 e. The Morgan fingerprint density at radius 1 is 1.03 bits per heavy atom. The highest BCUT2D eigenvalue weighted by atomic mass is 32.2. The van der Waals surface area contributed by atoms with Crippen molar-refractivity contribution in [1.29, 1.82) is 5.41 Å². The molecule has 1 aliphatic rings. The van der Waals surface area contributed by atoms with E-state index >= 15 is 0 Å². The highest BCUT2D eigenvalue weighted by Gasteiger charge is 2.17. The molecule has 37 heavy (non-hydrogen) atoms. The van der Waals surface area contributed by atoms with Gasteiger partial charge in [0.1, 0.15) is 12.4 Å². The Morgan fingerprint density at radius 2 is 1.70 bits per heavy atom. The molecule has 196 valence electrons. The highest BCUT2D eigenvalue weighted by molar-refractivity contribution is 8.16. The summed E-state index contributed by atoms with van der Waals surface area (Å²) in [6, 6.07) is 16.0. The number of hydrogen-bond acceptors (Lipinski definition) is 4. The first-order valence-corrected chi connectivity index (χ1v) is 13.8. The van der Waals surface area contributed by atoms with Crippen LogP contribution < -0.4 is 4.74 Å². The fourth-order valence-corrected chi connectivity index (χ4v) is 5.17. The third-order valence-electron chi connectivity index (χ3n) is 6.35. The summed E-state index contributed by atoms with van der Waals surface area (Å²) in [7, 11) is 0. The van der Waals surface area contributed by atoms with Crippen LogP contribution >= 0.6 is 11.8 Å². The van der Waals surface area contributed by atoms with Gasteiger partial charge in [0.15, 0.2) is 5.17 Å². The number of carboxylic acids is 1. The highest BCUT2D eigenvalue weighted by Crippen LogP contribution is 2.34. The number of benzene rings is 2. The maximum atomic E-state index is 10.7. The molecule has 0 atom stereocenters. The second kappa shape index (κ2) is 14.5. The van der Waals surface area contributed by atoms with Crippen molar-refractivity contribution in [2.24, 2.45) is 0 Å². The zero-order valence-electron chi connectivity index (χ0n) is 22.1. The lowest BCUT2D eigenvalue weighted by Gasteiger charge is -2.26. The predicted molar refractivity (Wildman–Crippen MR) is 154 cm³/mol. The standard InChI is InChI=1S/C31H38N2O3S/c1-4-19-33(31(32)37-29-17-14-26(5-2)27(6-3)20-29)21-24-7-9-25(10-8-24)22-36-28-15-11-23(12-16-28)13-18-30(34)35/h5-12,15-16,20,32H,4,13-14,17-19,21-22H2,1-3H3,(H,34,35)/b26-5-,27-6-,32-31?. The van der Waals surface area contributed by atoms with E-state index in [-0.39, 0.29) is 6.42 Å². The van der Waals surface area contributed by atoms with Crippen LogP contribution in [0.5, 0.6) is 5.75 Å². The maximum absolute atomic E-state index is 10.7. The van der Waals surface area contributed by atoms with Crippen molar-refractivity contribution in [3.05, 3.63) is 99.5 Å². The number of nitrogens with zero attached hydrogens (tertiary/aromatic N) is 1. The monoisotopic (exact) mass is 518 g/mol. The van der Waals surface area contributed by atoms with E-state index < -0.39 is 5.97 Å². The Labute approximate surface area is 225 Å². The minimum absolute atomic E-state index is 0.132. The fraction of sp³-hybridized carbons (Fsp3) is 0.355. The Kier molecular flexibility index (Phi) is 11.1. The van der Waals surface area contributed by atoms with Gasteiger partial charge in [0.05, 0.1) is 0 Å². The summed E-state index contributed by atoms with van der Waals surface area (Å²) >= 11 is 1.59. The first-order chi connectivity index (χ1) is 17.9. The van der Waals surface area contributed by atoms with Crippen LogP contribution in [0.25, 0.3) is 0 Å². The Hall–Kier alpha value is -3.25. The number of aliphatic carboxylic acids is 1. The Bertz CT molecular complexity index is 1150. The van der Waals surface area contributed by atoms with Crippen LogP contribution in [0, 0.1) is 5.41 Å². The average molecular weight is 519 g/mol. The number of hydrogen-bond donors (Lipinski definition) is 2. The molecule has 5 nitrogen and oxygen atoms in total. The van der Waals surface area contributed by atoms with E-state index in [1.165, 1.54) is 21.6 Å². The van der Waals surface area contributed by atoms with Crippen LogP contribution in [-0.2, 0) is 24.4 Å². The van der Waals surface area contributed by atoms with Crippen molar-refractivity contribution in [3.8, 4) is 5.75 Å². The lowest BCUT2D eigenvalue weighted by atomic mass is 9.95. The molecule has 0 fully saturated rings. The number of aryl methyl sites for hydroxylation is 1. The summed E-state index contributed by atoms with van der Waals surface area (Å²) in [6.45, 7) is 8.35. The van der Waals surface area contributed by atoms with Crippen molar-refractivity contribution in [2.45, 2.75) is 66.0 Å². The van der Waals surface area contributed by atoms with Crippen molar-refractivity contribution >= 4 is 22.9 Å². The number of rotatable bonds is 11. The normalized spacial score (nSPS) is 15.5. The van der Waals surface area contributed by atoms with Crippen molar-refractivity contribution < 1.29 is 14.6 Å². The molecule has 0 saturated heterocycles. The minimum atomic E-state index is -0.787. The lowest BCUT2D eigenvalue weighted by Crippen LogP contribution is -2.28. The van der Waals surface area contributed by atoms with Gasteiger partial charge in [0, 0.05) is 19.5 Å². The van der Waals surface area contributed by atoms with E-state index in [1.54, 1.807) is 11.8 Å². The predicted octanol–water partition coefficient (Wildman–Crippen LogP) is 7.73. The molecule has 0 bridgehead atoms. The van der Waals surface area contributed by atoms with Gasteiger partial charge in [-0.25, -0.2) is 0 Å². The van der Waals surface area contributed by atoms with Crippen molar-refractivity contribution in [1.82, 2.24) is 4.90 Å². The topological polar surface area (TPSA) is 73.6 Å². The zero-order chi connectivity index (χ0) is 26.6. The molecule has 0 heterocycles. The number of amidine groups is 1. The van der Waals surface area contributed by atoms with Crippen LogP contribution in [0.15, 0.2) is 82.8 Å². The summed E-state index contributed by atoms with van der Waals surface area (Å²) in [5.41, 5.74) is 5.91. The van der Waals surface area contributed by atoms with Gasteiger partial charge in [0.2, 0.25) is 0 Å². The van der Waals surface area contributed by atoms with Gasteiger partial charge in [-0.05, 0) is 90.5 Å². The Morgan fingerprint density at radius 3 is 2.32 bits per heavy atom. The quantitative estimate of drug-likeness (QED) is 0.235. The number of thioether (sulfide) groups is 1. The molecule has 3 rings (SSSR count). The molecule has 6 heteroatoms. The molecule has 0 aliphatic heterocycles. The molecular weight excluding hydrogens is 480 g/mol. The van der Waals surface area contributed by atoms with Crippen LogP contribution in [0.3, 0.4) is 0 Å². The summed E-state index contributed by atoms with van der Waals surface area (Å²) in [6.07, 6.45) is 10.3. The smallest absolute Gasteiger partial charge is 0.303 e. The van der Waals surface area contributed by atoms with Gasteiger partial charge in [-0.1, -0.05) is 67.2 Å². The summed E-state index contributed by atoms with van der Waals surface area (Å²) < 4.78 is 5.91. The fourth-order valence-electron chi connectivity index (χ4n) is 4.24. The third kappa shape index (κ3) is 8.97. The van der Waals surface area contributed by atoms with Gasteiger partial charge in [-0.2, -0.15) is 0 Å². The average Bonchev–Trinajstić information content (AvgIpc) is 2.91. The second-order valence-electron chi connectivity index (χ2n) is 9.14. The van der Waals surface area contributed by atoms with Crippen LogP contribution in [0.4, 0.5) is 0 Å². The molecule has 0 spiro atoms. The minimum Gasteiger partial charge on any atom is -0.489 e. The van der Waals surface area contributed by atoms with E-state index in [1.807, 2.05) is 24.3 Å². The van der Waals surface area contributed by atoms with Crippen molar-refractivity contribution in [3.63, 3.8) is 0 Å². The lowest BCUT2D eigenvalue weighted by molar-refractivity contribution is -0.136. The van der Waals surface area contributed by atoms with Crippen molar-refractivity contribution in [2.75, 3.05) is 6.54 Å². The molecule has 2 N–H and O–H groups in total. The number of ether oxygens (including phenoxy) is 1. The molecule has 0 amide bonds. The van der Waals surface area contributed by atoms with E-state index in [4.69, 9.17) is 15.3 Å². The summed E-state index contributed by atoms with van der Waals surface area (Å²) in [5.74, 6) is -0.0210. The molecule has 0 aromatic heterocycles. The SMILES string of the molecule is C/C=C1/C=C(SC(=N)N(CCC)Cc2ccc(COc3ccc(CCC(=O)O)cc3)cc2)CC/C1=C/C. The first kappa shape index (κ1) is 28.3. The Balaban J connectivity index is 1.54. The molecule has 0 unspecified atom stereocenters. The molecular formula is C31H38N2O3S. The number of carbonyl (C=O) groups is 1. The van der Waals surface area contributed by atoms with E-state index in [0.717, 1.165) is 42.7 Å². The van der Waals surface area contributed by atoms with Crippen LogP contribution in [0.2, 0.25) is 0 Å². The molecule has 0 radical (unpaired) electrons. The molecule has 1 aliphatic carbocycles. The van der Waals surface area contributed by atoms with Gasteiger partial charge in [-0.3, -0.25) is 10.2 Å². The van der Waals surface area contributed by atoms with Crippen LogP contribution in [0.1, 0.15) is 63.1 Å². The number of allylic oxidation sites excluding steroid dienone is 6. The third-order valence-corrected chi connectivity index (χ3v) is 7.38. The number of nitrogens with one attached hydrogen (secondary N) is 1. The first-order valence-electron chi connectivity index (χ1n) is 13.0. The summed E-state index contributed by atoms with van der Waals surface area (Å²) in [5, 5.41) is 18.2. The van der Waals surface area contributed by atoms with E-state index in [0.29, 0.717) is 24.7 Å². The number of carboxylic acid groups (broad SMARTS) is 1.